The summed E-state index contributed by atoms with van der Waals surface area (Å²) in [5.74, 6) is 5.65. The van der Waals surface area contributed by atoms with E-state index in [2.05, 4.69) is 31.4 Å². The lowest BCUT2D eigenvalue weighted by Crippen LogP contribution is -2.30. The third kappa shape index (κ3) is 2.97. The molecule has 2 heterocycles. The van der Waals surface area contributed by atoms with Crippen LogP contribution in [0.5, 0.6) is 0 Å². The summed E-state index contributed by atoms with van der Waals surface area (Å²) in [6.07, 6.45) is 2.37. The Morgan fingerprint density at radius 2 is 2.32 bits per heavy atom. The number of halogens is 2. The molecule has 2 aromatic rings. The summed E-state index contributed by atoms with van der Waals surface area (Å²) in [7, 11) is 1.82. The first-order valence-electron chi connectivity index (χ1n) is 5.79. The SMILES string of the molecule is Cc1nn(C)c(Cl)c1CC(NN)c1ncccc1Br. The number of rotatable bonds is 4. The quantitative estimate of drug-likeness (QED) is 0.659. The maximum atomic E-state index is 6.24. The van der Waals surface area contributed by atoms with E-state index in [4.69, 9.17) is 17.4 Å². The second-order valence-electron chi connectivity index (χ2n) is 4.27. The molecule has 0 fully saturated rings. The van der Waals surface area contributed by atoms with Gasteiger partial charge in [0.05, 0.1) is 17.4 Å². The Kier molecular flexibility index (Phi) is 4.57. The zero-order valence-corrected chi connectivity index (χ0v) is 13.0. The number of hydrogen-bond donors (Lipinski definition) is 2. The van der Waals surface area contributed by atoms with Gasteiger partial charge >= 0.3 is 0 Å². The molecule has 2 aromatic heterocycles. The second-order valence-corrected chi connectivity index (χ2v) is 5.48. The summed E-state index contributed by atoms with van der Waals surface area (Å²) in [5, 5.41) is 4.93. The summed E-state index contributed by atoms with van der Waals surface area (Å²) < 4.78 is 2.57. The number of nitrogens with zero attached hydrogens (tertiary/aromatic N) is 3. The standard InChI is InChI=1S/C12H15BrClN5/c1-7-8(12(14)19(2)18-7)6-10(17-15)11-9(13)4-3-5-16-11/h3-5,10,17H,6,15H2,1-2H3. The van der Waals surface area contributed by atoms with Crippen LogP contribution < -0.4 is 11.3 Å². The minimum absolute atomic E-state index is 0.129. The summed E-state index contributed by atoms with van der Waals surface area (Å²) in [5.41, 5.74) is 5.51. The van der Waals surface area contributed by atoms with Crippen LogP contribution in [0, 0.1) is 6.92 Å². The normalized spacial score (nSPS) is 12.7. The molecular weight excluding hydrogens is 330 g/mol. The Morgan fingerprint density at radius 3 is 2.84 bits per heavy atom. The monoisotopic (exact) mass is 343 g/mol. The Morgan fingerprint density at radius 1 is 1.58 bits per heavy atom. The van der Waals surface area contributed by atoms with E-state index in [9.17, 15) is 0 Å². The van der Waals surface area contributed by atoms with Crippen LogP contribution in [0.4, 0.5) is 0 Å². The molecule has 5 nitrogen and oxygen atoms in total. The van der Waals surface area contributed by atoms with Gasteiger partial charge in [0.2, 0.25) is 0 Å². The van der Waals surface area contributed by atoms with E-state index < -0.39 is 0 Å². The van der Waals surface area contributed by atoms with Crippen LogP contribution in [0.2, 0.25) is 5.15 Å². The Balaban J connectivity index is 2.32. The van der Waals surface area contributed by atoms with Crippen LogP contribution >= 0.6 is 27.5 Å². The lowest BCUT2D eigenvalue weighted by Gasteiger charge is -2.16. The zero-order chi connectivity index (χ0) is 14.0. The number of aromatic nitrogens is 3. The van der Waals surface area contributed by atoms with Crippen molar-refractivity contribution in [1.82, 2.24) is 20.2 Å². The van der Waals surface area contributed by atoms with Crippen molar-refractivity contribution in [1.29, 1.82) is 0 Å². The van der Waals surface area contributed by atoms with Crippen LogP contribution in [0.1, 0.15) is 23.0 Å². The maximum absolute atomic E-state index is 6.24. The van der Waals surface area contributed by atoms with Crippen LogP contribution in [-0.4, -0.2) is 14.8 Å². The predicted octanol–water partition coefficient (Wildman–Crippen LogP) is 2.29. The van der Waals surface area contributed by atoms with Crippen molar-refractivity contribution in [3.63, 3.8) is 0 Å². The molecule has 2 rings (SSSR count). The van der Waals surface area contributed by atoms with E-state index in [1.807, 2.05) is 26.1 Å². The molecule has 1 atom stereocenters. The third-order valence-electron chi connectivity index (χ3n) is 3.00. The molecule has 7 heteroatoms. The van der Waals surface area contributed by atoms with E-state index in [1.54, 1.807) is 10.9 Å². The first-order chi connectivity index (χ1) is 9.04. The van der Waals surface area contributed by atoms with Crippen molar-refractivity contribution in [2.75, 3.05) is 0 Å². The lowest BCUT2D eigenvalue weighted by molar-refractivity contribution is 0.535. The van der Waals surface area contributed by atoms with E-state index in [1.165, 1.54) is 0 Å². The Hall–Kier alpha value is -0.950. The van der Waals surface area contributed by atoms with Gasteiger partial charge in [-0.05, 0) is 41.4 Å². The smallest absolute Gasteiger partial charge is 0.130 e. The minimum Gasteiger partial charge on any atom is -0.271 e. The van der Waals surface area contributed by atoms with Gasteiger partial charge in [-0.1, -0.05) is 11.6 Å². The van der Waals surface area contributed by atoms with Crippen LogP contribution in [0.15, 0.2) is 22.8 Å². The van der Waals surface area contributed by atoms with Gasteiger partial charge in [-0.3, -0.25) is 20.9 Å². The molecule has 0 saturated carbocycles. The molecule has 0 aliphatic heterocycles. The van der Waals surface area contributed by atoms with Gasteiger partial charge in [0, 0.05) is 23.3 Å². The topological polar surface area (TPSA) is 68.8 Å². The van der Waals surface area contributed by atoms with Crippen molar-refractivity contribution < 1.29 is 0 Å². The highest BCUT2D eigenvalue weighted by atomic mass is 79.9. The zero-order valence-electron chi connectivity index (χ0n) is 10.7. The van der Waals surface area contributed by atoms with Gasteiger partial charge in [0.15, 0.2) is 0 Å². The number of pyridine rings is 1. The molecule has 0 spiro atoms. The molecular formula is C12H15BrClN5. The third-order valence-corrected chi connectivity index (χ3v) is 4.14. The molecule has 0 bridgehead atoms. The van der Waals surface area contributed by atoms with Crippen molar-refractivity contribution in [3.05, 3.63) is 44.9 Å². The fourth-order valence-corrected chi connectivity index (χ4v) is 2.78. The first kappa shape index (κ1) is 14.5. The Bertz CT molecular complexity index is 583. The maximum Gasteiger partial charge on any atom is 0.130 e. The molecule has 0 aliphatic rings. The number of hydrogen-bond acceptors (Lipinski definition) is 4. The lowest BCUT2D eigenvalue weighted by atomic mass is 10.0. The van der Waals surface area contributed by atoms with Gasteiger partial charge < -0.3 is 0 Å². The van der Waals surface area contributed by atoms with Crippen molar-refractivity contribution in [2.24, 2.45) is 12.9 Å². The van der Waals surface area contributed by atoms with Crippen LogP contribution in [-0.2, 0) is 13.5 Å². The van der Waals surface area contributed by atoms with Gasteiger partial charge in [0.1, 0.15) is 5.15 Å². The minimum atomic E-state index is -0.129. The largest absolute Gasteiger partial charge is 0.271 e. The second kappa shape index (κ2) is 6.00. The average Bonchev–Trinajstić information content (AvgIpc) is 2.63. The average molecular weight is 345 g/mol. The number of nitrogens with two attached hydrogens (primary N) is 1. The first-order valence-corrected chi connectivity index (χ1v) is 6.96. The van der Waals surface area contributed by atoms with E-state index in [0.29, 0.717) is 11.6 Å². The molecule has 1 unspecified atom stereocenters. The van der Waals surface area contributed by atoms with Crippen LogP contribution in [0.3, 0.4) is 0 Å². The molecule has 3 N–H and O–H groups in total. The summed E-state index contributed by atoms with van der Waals surface area (Å²) in [6.45, 7) is 1.93. The Labute approximate surface area is 125 Å². The predicted molar refractivity (Wildman–Crippen MR) is 78.7 cm³/mol. The molecule has 0 aromatic carbocycles. The highest BCUT2D eigenvalue weighted by molar-refractivity contribution is 9.10. The van der Waals surface area contributed by atoms with E-state index in [-0.39, 0.29) is 6.04 Å². The highest BCUT2D eigenvalue weighted by Gasteiger charge is 2.20. The van der Waals surface area contributed by atoms with Crippen molar-refractivity contribution in [2.45, 2.75) is 19.4 Å². The van der Waals surface area contributed by atoms with Crippen molar-refractivity contribution >= 4 is 27.5 Å². The molecule has 0 saturated heterocycles. The van der Waals surface area contributed by atoms with Gasteiger partial charge in [-0.25, -0.2) is 0 Å². The van der Waals surface area contributed by atoms with Crippen LogP contribution in [0.25, 0.3) is 0 Å². The highest BCUT2D eigenvalue weighted by Crippen LogP contribution is 2.27. The number of nitrogens with one attached hydrogen (secondary N) is 1. The molecule has 0 aliphatic carbocycles. The molecule has 102 valence electrons. The summed E-state index contributed by atoms with van der Waals surface area (Å²) >= 11 is 9.72. The fourth-order valence-electron chi connectivity index (χ4n) is 2.00. The van der Waals surface area contributed by atoms with E-state index >= 15 is 0 Å². The number of hydrazine groups is 1. The van der Waals surface area contributed by atoms with Crippen molar-refractivity contribution in [3.8, 4) is 0 Å². The van der Waals surface area contributed by atoms with Gasteiger partial charge in [-0.15, -0.1) is 0 Å². The molecule has 19 heavy (non-hydrogen) atoms. The van der Waals surface area contributed by atoms with Gasteiger partial charge in [0.25, 0.3) is 0 Å². The van der Waals surface area contributed by atoms with E-state index in [0.717, 1.165) is 21.4 Å². The molecule has 0 amide bonds. The summed E-state index contributed by atoms with van der Waals surface area (Å²) in [6, 6.07) is 3.67. The fraction of sp³-hybridized carbons (Fsp3) is 0.333. The van der Waals surface area contributed by atoms with Gasteiger partial charge in [-0.2, -0.15) is 5.10 Å². The summed E-state index contributed by atoms with van der Waals surface area (Å²) in [4.78, 5) is 4.35. The number of aryl methyl sites for hydroxylation is 2. The molecule has 0 radical (unpaired) electrons.